The van der Waals surface area contributed by atoms with Crippen LogP contribution in [0.3, 0.4) is 0 Å². The normalized spacial score (nSPS) is 10.9. The van der Waals surface area contributed by atoms with Crippen LogP contribution in [-0.4, -0.2) is 28.1 Å². The van der Waals surface area contributed by atoms with Crippen LogP contribution in [0.2, 0.25) is 0 Å². The quantitative estimate of drug-likeness (QED) is 0.596. The van der Waals surface area contributed by atoms with Gasteiger partial charge in [0, 0.05) is 0 Å². The van der Waals surface area contributed by atoms with Crippen molar-refractivity contribution in [1.82, 2.24) is 0 Å². The Bertz CT molecular complexity index is 763. The Morgan fingerprint density at radius 1 is 0.957 bits per heavy atom. The van der Waals surface area contributed by atoms with Gasteiger partial charge in [-0.3, -0.25) is 0 Å². The van der Waals surface area contributed by atoms with Crippen LogP contribution >= 0.6 is 0 Å². The van der Waals surface area contributed by atoms with Crippen LogP contribution in [0.25, 0.3) is 0 Å². The SMILES string of the molecule is CCOc1ccc(OS(=O)(=O)c2ccc(C(=O)OC)cc2)cc1. The van der Waals surface area contributed by atoms with Gasteiger partial charge in [-0.25, -0.2) is 4.79 Å². The molecule has 2 aromatic rings. The maximum absolute atomic E-state index is 12.2. The van der Waals surface area contributed by atoms with E-state index in [-0.39, 0.29) is 16.2 Å². The second-order valence-electron chi connectivity index (χ2n) is 4.46. The Hall–Kier alpha value is -2.54. The van der Waals surface area contributed by atoms with Gasteiger partial charge in [-0.1, -0.05) is 0 Å². The molecule has 23 heavy (non-hydrogen) atoms. The minimum absolute atomic E-state index is 0.0564. The van der Waals surface area contributed by atoms with Crippen molar-refractivity contribution in [3.8, 4) is 11.5 Å². The molecule has 6 nitrogen and oxygen atoms in total. The maximum Gasteiger partial charge on any atom is 0.339 e. The van der Waals surface area contributed by atoms with E-state index in [4.69, 9.17) is 8.92 Å². The lowest BCUT2D eigenvalue weighted by molar-refractivity contribution is 0.0600. The van der Waals surface area contributed by atoms with E-state index in [9.17, 15) is 13.2 Å². The van der Waals surface area contributed by atoms with Crippen molar-refractivity contribution in [3.63, 3.8) is 0 Å². The van der Waals surface area contributed by atoms with E-state index in [1.165, 1.54) is 43.5 Å². The highest BCUT2D eigenvalue weighted by Gasteiger charge is 2.17. The second kappa shape index (κ2) is 7.15. The number of hydrogen-bond acceptors (Lipinski definition) is 6. The van der Waals surface area contributed by atoms with E-state index in [0.29, 0.717) is 12.4 Å². The summed E-state index contributed by atoms with van der Waals surface area (Å²) in [4.78, 5) is 11.3. The van der Waals surface area contributed by atoms with Crippen LogP contribution in [0.15, 0.2) is 53.4 Å². The number of rotatable bonds is 6. The third-order valence-electron chi connectivity index (χ3n) is 2.90. The lowest BCUT2D eigenvalue weighted by atomic mass is 10.2. The predicted molar refractivity (Wildman–Crippen MR) is 83.2 cm³/mol. The fourth-order valence-corrected chi connectivity index (χ4v) is 2.74. The van der Waals surface area contributed by atoms with Gasteiger partial charge in [0.05, 0.1) is 19.3 Å². The zero-order chi connectivity index (χ0) is 16.9. The smallest absolute Gasteiger partial charge is 0.339 e. The molecule has 0 saturated heterocycles. The first kappa shape index (κ1) is 16.8. The fourth-order valence-electron chi connectivity index (χ4n) is 1.81. The molecule has 0 N–H and O–H groups in total. The van der Waals surface area contributed by atoms with Gasteiger partial charge in [0.2, 0.25) is 0 Å². The molecule has 0 bridgehead atoms. The summed E-state index contributed by atoms with van der Waals surface area (Å²) in [6.07, 6.45) is 0. The largest absolute Gasteiger partial charge is 0.494 e. The van der Waals surface area contributed by atoms with E-state index in [1.807, 2.05) is 6.92 Å². The number of methoxy groups -OCH3 is 1. The molecule has 2 aromatic carbocycles. The topological polar surface area (TPSA) is 78.9 Å². The maximum atomic E-state index is 12.2. The van der Waals surface area contributed by atoms with Crippen molar-refractivity contribution in [2.75, 3.05) is 13.7 Å². The summed E-state index contributed by atoms with van der Waals surface area (Å²) in [6.45, 7) is 2.37. The molecule has 0 amide bonds. The fraction of sp³-hybridized carbons (Fsp3) is 0.188. The molecule has 7 heteroatoms. The standard InChI is InChI=1S/C16H16O6S/c1-3-21-13-6-8-14(9-7-13)22-23(18,19)15-10-4-12(5-11-15)16(17)20-2/h4-11H,3H2,1-2H3. The lowest BCUT2D eigenvalue weighted by Gasteiger charge is -2.08. The van der Waals surface area contributed by atoms with Crippen molar-refractivity contribution in [3.05, 3.63) is 54.1 Å². The number of hydrogen-bond donors (Lipinski definition) is 0. The number of carbonyl (C=O) groups excluding carboxylic acids is 1. The first-order valence-electron chi connectivity index (χ1n) is 6.82. The van der Waals surface area contributed by atoms with Gasteiger partial charge in [-0.15, -0.1) is 0 Å². The van der Waals surface area contributed by atoms with E-state index in [2.05, 4.69) is 4.74 Å². The van der Waals surface area contributed by atoms with E-state index in [1.54, 1.807) is 12.1 Å². The van der Waals surface area contributed by atoms with Crippen LogP contribution in [0.5, 0.6) is 11.5 Å². The van der Waals surface area contributed by atoms with Gasteiger partial charge in [0.15, 0.2) is 0 Å². The summed E-state index contributed by atoms with van der Waals surface area (Å²) in [6, 6.07) is 11.5. The minimum atomic E-state index is -3.98. The summed E-state index contributed by atoms with van der Waals surface area (Å²) in [5.74, 6) is 0.256. The third kappa shape index (κ3) is 4.23. The van der Waals surface area contributed by atoms with Crippen LogP contribution in [-0.2, 0) is 14.9 Å². The molecule has 122 valence electrons. The van der Waals surface area contributed by atoms with Gasteiger partial charge >= 0.3 is 16.1 Å². The molecule has 0 aliphatic carbocycles. The summed E-state index contributed by atoms with van der Waals surface area (Å²) in [7, 11) is -2.73. The summed E-state index contributed by atoms with van der Waals surface area (Å²) < 4.78 is 39.3. The average molecular weight is 336 g/mol. The van der Waals surface area contributed by atoms with Gasteiger partial charge in [-0.2, -0.15) is 8.42 Å². The van der Waals surface area contributed by atoms with E-state index < -0.39 is 16.1 Å². The summed E-state index contributed by atoms with van der Waals surface area (Å²) in [5, 5.41) is 0. The van der Waals surface area contributed by atoms with E-state index in [0.717, 1.165) is 0 Å². The van der Waals surface area contributed by atoms with Crippen LogP contribution < -0.4 is 8.92 Å². The Morgan fingerprint density at radius 2 is 1.52 bits per heavy atom. The van der Waals surface area contributed by atoms with Crippen LogP contribution in [0.1, 0.15) is 17.3 Å². The molecule has 0 aromatic heterocycles. The Labute approximate surface area is 134 Å². The molecule has 0 aliphatic rings. The molecule has 0 unspecified atom stereocenters. The van der Waals surface area contributed by atoms with Crippen molar-refractivity contribution in [2.24, 2.45) is 0 Å². The lowest BCUT2D eigenvalue weighted by Crippen LogP contribution is -2.10. The molecule has 0 fully saturated rings. The highest BCUT2D eigenvalue weighted by molar-refractivity contribution is 7.87. The first-order chi connectivity index (χ1) is 11.0. The van der Waals surface area contributed by atoms with E-state index >= 15 is 0 Å². The van der Waals surface area contributed by atoms with Crippen molar-refractivity contribution in [2.45, 2.75) is 11.8 Å². The Morgan fingerprint density at radius 3 is 2.04 bits per heavy atom. The van der Waals surface area contributed by atoms with Crippen LogP contribution in [0, 0.1) is 0 Å². The molecule has 0 spiro atoms. The van der Waals surface area contributed by atoms with Crippen LogP contribution in [0.4, 0.5) is 0 Å². The molecular formula is C16H16O6S. The first-order valence-corrected chi connectivity index (χ1v) is 8.23. The highest BCUT2D eigenvalue weighted by Crippen LogP contribution is 2.22. The van der Waals surface area contributed by atoms with Gasteiger partial charge in [-0.05, 0) is 55.5 Å². The molecule has 0 radical (unpaired) electrons. The number of esters is 1. The summed E-state index contributed by atoms with van der Waals surface area (Å²) in [5.41, 5.74) is 0.257. The Kier molecular flexibility index (Phi) is 5.23. The number of ether oxygens (including phenoxy) is 2. The van der Waals surface area contributed by atoms with Gasteiger partial charge < -0.3 is 13.7 Å². The van der Waals surface area contributed by atoms with Crippen molar-refractivity contribution < 1.29 is 26.9 Å². The Balaban J connectivity index is 2.16. The molecule has 0 heterocycles. The molecule has 0 saturated carbocycles. The highest BCUT2D eigenvalue weighted by atomic mass is 32.2. The number of benzene rings is 2. The predicted octanol–water partition coefficient (Wildman–Crippen LogP) is 2.64. The molecule has 0 aliphatic heterocycles. The minimum Gasteiger partial charge on any atom is -0.494 e. The zero-order valence-electron chi connectivity index (χ0n) is 12.7. The molecular weight excluding hydrogens is 320 g/mol. The van der Waals surface area contributed by atoms with Gasteiger partial charge in [0.1, 0.15) is 16.4 Å². The van der Waals surface area contributed by atoms with Gasteiger partial charge in [0.25, 0.3) is 0 Å². The zero-order valence-corrected chi connectivity index (χ0v) is 13.5. The monoisotopic (exact) mass is 336 g/mol. The van der Waals surface area contributed by atoms with Crippen molar-refractivity contribution >= 4 is 16.1 Å². The molecule has 0 atom stereocenters. The van der Waals surface area contributed by atoms with Crippen molar-refractivity contribution in [1.29, 1.82) is 0 Å². The summed E-state index contributed by atoms with van der Waals surface area (Å²) >= 11 is 0. The average Bonchev–Trinajstić information content (AvgIpc) is 2.56. The molecule has 2 rings (SSSR count). The third-order valence-corrected chi connectivity index (χ3v) is 4.17. The number of carbonyl (C=O) groups is 1. The second-order valence-corrected chi connectivity index (χ2v) is 6.00.